The van der Waals surface area contributed by atoms with E-state index in [2.05, 4.69) is 9.97 Å². The molecule has 2 unspecified atom stereocenters. The number of aliphatic hydroxyl groups excluding tert-OH is 1. The van der Waals surface area contributed by atoms with Gasteiger partial charge in [0, 0.05) is 31.1 Å². The van der Waals surface area contributed by atoms with Crippen molar-refractivity contribution in [3.63, 3.8) is 0 Å². The zero-order chi connectivity index (χ0) is 26.5. The van der Waals surface area contributed by atoms with Crippen molar-refractivity contribution in [2.75, 3.05) is 19.6 Å². The molecular formula is C24H25F4N5O3S. The minimum Gasteiger partial charge on any atom is -0.385 e. The predicted molar refractivity (Wildman–Crippen MR) is 128 cm³/mol. The lowest BCUT2D eigenvalue weighted by Gasteiger charge is -2.20. The number of aliphatic hydroxyl groups is 1. The number of imidazole rings is 1. The molecular weight excluding hydrogens is 514 g/mol. The second-order valence-electron chi connectivity index (χ2n) is 9.24. The molecule has 37 heavy (non-hydrogen) atoms. The third kappa shape index (κ3) is 4.71. The second kappa shape index (κ2) is 9.37. The molecule has 1 N–H and O–H groups in total. The molecule has 1 fully saturated rings. The summed E-state index contributed by atoms with van der Waals surface area (Å²) < 4.78 is 82.2. The number of pyridine rings is 1. The number of hydrogen-bond donors (Lipinski definition) is 1. The molecule has 0 amide bonds. The fraction of sp³-hybridized carbons (Fsp3) is 0.417. The van der Waals surface area contributed by atoms with Crippen LogP contribution in [0.15, 0.2) is 53.7 Å². The monoisotopic (exact) mass is 539 g/mol. The van der Waals surface area contributed by atoms with Gasteiger partial charge in [0.15, 0.2) is 5.65 Å². The Labute approximate surface area is 210 Å². The number of benzene rings is 1. The molecule has 8 nitrogen and oxygen atoms in total. The molecule has 4 heterocycles. The third-order valence-corrected chi connectivity index (χ3v) is 8.27. The van der Waals surface area contributed by atoms with Crippen LogP contribution in [0.2, 0.25) is 0 Å². The predicted octanol–water partition coefficient (Wildman–Crippen LogP) is 4.21. The molecule has 198 valence electrons. The van der Waals surface area contributed by atoms with Gasteiger partial charge in [0.2, 0.25) is 0 Å². The topological polar surface area (TPSA) is 93.3 Å². The Morgan fingerprint density at radius 3 is 2.57 bits per heavy atom. The maximum Gasteiger partial charge on any atom is 0.389 e. The van der Waals surface area contributed by atoms with Crippen molar-refractivity contribution in [3.05, 3.63) is 54.6 Å². The smallest absolute Gasteiger partial charge is 0.385 e. The van der Waals surface area contributed by atoms with E-state index < -0.39 is 40.9 Å². The first-order chi connectivity index (χ1) is 17.5. The van der Waals surface area contributed by atoms with Crippen molar-refractivity contribution in [2.45, 2.75) is 49.2 Å². The number of rotatable bonds is 7. The number of aromatic nitrogens is 4. The van der Waals surface area contributed by atoms with E-state index in [1.165, 1.54) is 31.5 Å². The summed E-state index contributed by atoms with van der Waals surface area (Å²) in [4.78, 5) is 10.5. The van der Waals surface area contributed by atoms with E-state index in [9.17, 15) is 26.7 Å². The third-order valence-electron chi connectivity index (χ3n) is 6.59. The first-order valence-electron chi connectivity index (χ1n) is 11.8. The van der Waals surface area contributed by atoms with Gasteiger partial charge in [0.25, 0.3) is 10.0 Å². The molecule has 1 aromatic carbocycles. The number of alkyl halides is 4. The number of halogens is 4. The van der Waals surface area contributed by atoms with Crippen LogP contribution in [0.1, 0.15) is 37.7 Å². The SMILES string of the molecule is CC(O)c1nc2cnc3c(ccn3S(=O)(=O)c3ccccc3)c2n1[C@@H]1CN(CCCC(F)(F)F)CC1F. The van der Waals surface area contributed by atoms with Crippen molar-refractivity contribution >= 4 is 32.1 Å². The summed E-state index contributed by atoms with van der Waals surface area (Å²) in [5, 5.41) is 10.8. The molecule has 0 bridgehead atoms. The highest BCUT2D eigenvalue weighted by Gasteiger charge is 2.38. The Balaban J connectivity index is 1.58. The van der Waals surface area contributed by atoms with Gasteiger partial charge >= 0.3 is 6.18 Å². The fourth-order valence-corrected chi connectivity index (χ4v) is 6.27. The van der Waals surface area contributed by atoms with Crippen LogP contribution in [0.25, 0.3) is 22.1 Å². The Kier molecular flexibility index (Phi) is 6.49. The van der Waals surface area contributed by atoms with Crippen LogP contribution >= 0.6 is 0 Å². The van der Waals surface area contributed by atoms with Crippen LogP contribution in [0.3, 0.4) is 0 Å². The van der Waals surface area contributed by atoms with Gasteiger partial charge in [-0.2, -0.15) is 13.2 Å². The van der Waals surface area contributed by atoms with E-state index in [1.807, 2.05) is 0 Å². The van der Waals surface area contributed by atoms with Gasteiger partial charge < -0.3 is 9.67 Å². The molecule has 13 heteroatoms. The second-order valence-corrected chi connectivity index (χ2v) is 11.1. The normalized spacial score (nSPS) is 20.3. The van der Waals surface area contributed by atoms with Crippen LogP contribution in [0.4, 0.5) is 17.6 Å². The van der Waals surface area contributed by atoms with Crippen LogP contribution < -0.4 is 0 Å². The van der Waals surface area contributed by atoms with Gasteiger partial charge in [-0.1, -0.05) is 18.2 Å². The molecule has 3 atom stereocenters. The average molecular weight is 540 g/mol. The first kappa shape index (κ1) is 25.6. The summed E-state index contributed by atoms with van der Waals surface area (Å²) >= 11 is 0. The van der Waals surface area contributed by atoms with E-state index in [0.29, 0.717) is 16.4 Å². The van der Waals surface area contributed by atoms with Crippen molar-refractivity contribution in [3.8, 4) is 0 Å². The Hall–Kier alpha value is -3.03. The van der Waals surface area contributed by atoms with Gasteiger partial charge in [0.1, 0.15) is 23.6 Å². The zero-order valence-electron chi connectivity index (χ0n) is 19.8. The lowest BCUT2D eigenvalue weighted by molar-refractivity contribution is -0.136. The molecule has 0 aliphatic carbocycles. The highest BCUT2D eigenvalue weighted by Crippen LogP contribution is 2.36. The fourth-order valence-electron chi connectivity index (χ4n) is 4.95. The van der Waals surface area contributed by atoms with Gasteiger partial charge in [-0.05, 0) is 38.1 Å². The first-order valence-corrected chi connectivity index (χ1v) is 13.2. The van der Waals surface area contributed by atoms with Gasteiger partial charge in [-0.3, -0.25) is 4.90 Å². The van der Waals surface area contributed by atoms with Crippen LogP contribution in [-0.2, 0) is 10.0 Å². The van der Waals surface area contributed by atoms with Crippen molar-refractivity contribution in [1.29, 1.82) is 0 Å². The van der Waals surface area contributed by atoms with E-state index in [0.717, 1.165) is 3.97 Å². The standard InChI is InChI=1S/C24H25F4N5O3S/c1-15(34)22-30-19-12-29-23-17(8-11-32(23)37(35,36)16-6-3-2-4-7-16)21(19)33(22)20-14-31(13-18(20)25)10-5-9-24(26,27)28/h2-4,6-8,11-12,15,18,20,34H,5,9-10,13-14H2,1H3/t15?,18?,20-/m1/s1. The minimum absolute atomic E-state index is 0.0565. The molecule has 5 rings (SSSR count). The van der Waals surface area contributed by atoms with Crippen molar-refractivity contribution < 1.29 is 31.1 Å². The summed E-state index contributed by atoms with van der Waals surface area (Å²) in [5.41, 5.74) is 0.874. The van der Waals surface area contributed by atoms with E-state index >= 15 is 4.39 Å². The van der Waals surface area contributed by atoms with E-state index in [1.54, 1.807) is 33.7 Å². The van der Waals surface area contributed by atoms with Crippen LogP contribution in [0.5, 0.6) is 0 Å². The van der Waals surface area contributed by atoms with Crippen molar-refractivity contribution in [1.82, 2.24) is 23.4 Å². The Morgan fingerprint density at radius 2 is 1.89 bits per heavy atom. The van der Waals surface area contributed by atoms with Gasteiger partial charge in [0.05, 0.1) is 22.7 Å². The molecule has 0 radical (unpaired) electrons. The lowest BCUT2D eigenvalue weighted by atomic mass is 10.2. The molecule has 3 aromatic heterocycles. The molecule has 1 saturated heterocycles. The zero-order valence-corrected chi connectivity index (χ0v) is 20.6. The summed E-state index contributed by atoms with van der Waals surface area (Å²) in [6, 6.07) is 8.57. The summed E-state index contributed by atoms with van der Waals surface area (Å²) in [5.74, 6) is 0.174. The van der Waals surface area contributed by atoms with Crippen LogP contribution in [0, 0.1) is 0 Å². The summed E-state index contributed by atoms with van der Waals surface area (Å²) in [6.45, 7) is 1.63. The maximum atomic E-state index is 15.3. The summed E-state index contributed by atoms with van der Waals surface area (Å²) in [6.07, 6.45) is -5.15. The molecule has 0 spiro atoms. The van der Waals surface area contributed by atoms with Crippen LogP contribution in [-0.4, -0.2) is 68.9 Å². The molecule has 0 saturated carbocycles. The molecule has 1 aliphatic rings. The van der Waals surface area contributed by atoms with E-state index in [4.69, 9.17) is 0 Å². The Morgan fingerprint density at radius 1 is 1.16 bits per heavy atom. The lowest BCUT2D eigenvalue weighted by Crippen LogP contribution is -2.24. The maximum absolute atomic E-state index is 15.3. The number of likely N-dealkylation sites (tertiary alicyclic amines) is 1. The largest absolute Gasteiger partial charge is 0.389 e. The highest BCUT2D eigenvalue weighted by molar-refractivity contribution is 7.90. The van der Waals surface area contributed by atoms with Gasteiger partial charge in [-0.25, -0.2) is 26.7 Å². The highest BCUT2D eigenvalue weighted by atomic mass is 32.2. The van der Waals surface area contributed by atoms with Crippen molar-refractivity contribution in [2.24, 2.45) is 0 Å². The molecule has 1 aliphatic heterocycles. The average Bonchev–Trinajstić information content (AvgIpc) is 3.53. The van der Waals surface area contributed by atoms with E-state index in [-0.39, 0.29) is 42.4 Å². The number of fused-ring (bicyclic) bond motifs is 3. The quantitative estimate of drug-likeness (QED) is 0.354. The Bertz CT molecular complexity index is 1530. The molecule has 4 aromatic rings. The minimum atomic E-state index is -4.28. The number of hydrogen-bond acceptors (Lipinski definition) is 6. The number of nitrogens with zero attached hydrogens (tertiary/aromatic N) is 5. The summed E-state index contributed by atoms with van der Waals surface area (Å²) in [7, 11) is -3.97. The van der Waals surface area contributed by atoms with Gasteiger partial charge in [-0.15, -0.1) is 0 Å².